The Balaban J connectivity index is 2.79. The molecule has 0 aromatic heterocycles. The molecule has 118 valence electrons. The van der Waals surface area contributed by atoms with E-state index < -0.39 is 47.8 Å². The number of thioether (sulfide) groups is 1. The zero-order valence-corrected chi connectivity index (χ0v) is 12.7. The second kappa shape index (κ2) is 5.81. The number of sulfone groups is 1. The van der Waals surface area contributed by atoms with Gasteiger partial charge in [-0.1, -0.05) is 0 Å². The van der Waals surface area contributed by atoms with E-state index in [1.54, 1.807) is 0 Å². The Morgan fingerprint density at radius 2 is 1.36 bits per heavy atom. The van der Waals surface area contributed by atoms with Gasteiger partial charge in [0.2, 0.25) is 9.84 Å². The fourth-order valence-electron chi connectivity index (χ4n) is 1.77. The van der Waals surface area contributed by atoms with Crippen molar-refractivity contribution in [2.45, 2.75) is 14.7 Å². The summed E-state index contributed by atoms with van der Waals surface area (Å²) in [7, 11) is -4.78. The zero-order chi connectivity index (χ0) is 16.7. The largest absolute Gasteiger partial charge is 0.399 e. The first-order valence-electron chi connectivity index (χ1n) is 5.72. The van der Waals surface area contributed by atoms with Gasteiger partial charge >= 0.3 is 0 Å². The van der Waals surface area contributed by atoms with Gasteiger partial charge in [0.25, 0.3) is 0 Å². The van der Waals surface area contributed by atoms with Crippen LogP contribution >= 0.6 is 11.8 Å². The number of hydrogen-bond acceptors (Lipinski definition) is 4. The maximum Gasteiger partial charge on any atom is 0.212 e. The third kappa shape index (κ3) is 2.54. The molecule has 0 aliphatic carbocycles. The van der Waals surface area contributed by atoms with Crippen LogP contribution in [0.3, 0.4) is 0 Å². The molecule has 0 unspecified atom stereocenters. The Morgan fingerprint density at radius 3 is 1.77 bits per heavy atom. The Bertz CT molecular complexity index is 807. The number of halogens is 4. The molecule has 0 fully saturated rings. The maximum absolute atomic E-state index is 14.0. The molecule has 0 bridgehead atoms. The van der Waals surface area contributed by atoms with E-state index in [4.69, 9.17) is 5.73 Å². The summed E-state index contributed by atoms with van der Waals surface area (Å²) >= 11 is 0.426. The molecule has 0 saturated heterocycles. The lowest BCUT2D eigenvalue weighted by molar-refractivity contribution is 0.395. The maximum atomic E-state index is 14.0. The van der Waals surface area contributed by atoms with Gasteiger partial charge in [-0.05, 0) is 30.5 Å². The van der Waals surface area contributed by atoms with Crippen molar-refractivity contribution in [3.8, 4) is 0 Å². The Kier molecular flexibility index (Phi) is 4.39. The summed E-state index contributed by atoms with van der Waals surface area (Å²) < 4.78 is 79.8. The lowest BCUT2D eigenvalue weighted by Crippen LogP contribution is -2.12. The van der Waals surface area contributed by atoms with Crippen molar-refractivity contribution in [3.05, 3.63) is 47.5 Å². The average molecular weight is 351 g/mol. The summed E-state index contributed by atoms with van der Waals surface area (Å²) in [5.41, 5.74) is 5.61. The molecule has 9 heteroatoms. The molecular formula is C13H9F4NO2S2. The van der Waals surface area contributed by atoms with E-state index in [1.165, 1.54) is 18.4 Å². The van der Waals surface area contributed by atoms with Crippen LogP contribution in [0.25, 0.3) is 0 Å². The van der Waals surface area contributed by atoms with Crippen molar-refractivity contribution >= 4 is 27.3 Å². The van der Waals surface area contributed by atoms with Crippen LogP contribution in [0.4, 0.5) is 23.2 Å². The quantitative estimate of drug-likeness (QED) is 0.399. The standard InChI is InChI=1S/C13H9F4NO2S2/c1-21-12-8(14)10(16)13(11(17)9(12)15)22(19,20)7-4-2-6(18)3-5-7/h2-5H,18H2,1H3. The van der Waals surface area contributed by atoms with Gasteiger partial charge in [-0.2, -0.15) is 0 Å². The van der Waals surface area contributed by atoms with E-state index in [1.807, 2.05) is 0 Å². The highest BCUT2D eigenvalue weighted by molar-refractivity contribution is 7.98. The normalized spacial score (nSPS) is 11.7. The number of nitrogens with two attached hydrogens (primary N) is 1. The van der Waals surface area contributed by atoms with Gasteiger partial charge in [0.15, 0.2) is 23.3 Å². The molecule has 0 saturated carbocycles. The summed E-state index contributed by atoms with van der Waals surface area (Å²) in [6, 6.07) is 4.35. The van der Waals surface area contributed by atoms with E-state index in [2.05, 4.69) is 0 Å². The lowest BCUT2D eigenvalue weighted by atomic mass is 10.3. The molecule has 2 aromatic carbocycles. The van der Waals surface area contributed by atoms with Gasteiger partial charge in [0.05, 0.1) is 9.79 Å². The molecule has 3 nitrogen and oxygen atoms in total. The first kappa shape index (κ1) is 16.6. The Labute approximate surface area is 128 Å². The summed E-state index contributed by atoms with van der Waals surface area (Å²) in [6.45, 7) is 0. The lowest BCUT2D eigenvalue weighted by Gasteiger charge is -2.11. The molecule has 0 radical (unpaired) electrons. The Morgan fingerprint density at radius 1 is 0.909 bits per heavy atom. The van der Waals surface area contributed by atoms with E-state index in [-0.39, 0.29) is 5.69 Å². The van der Waals surface area contributed by atoms with Crippen LogP contribution in [0.5, 0.6) is 0 Å². The summed E-state index contributed by atoms with van der Waals surface area (Å²) in [4.78, 5) is -3.12. The first-order chi connectivity index (χ1) is 10.2. The number of hydrogen-bond donors (Lipinski definition) is 1. The van der Waals surface area contributed by atoms with Crippen LogP contribution in [0.2, 0.25) is 0 Å². The van der Waals surface area contributed by atoms with Gasteiger partial charge in [-0.3, -0.25) is 0 Å². The molecule has 0 aliphatic heterocycles. The van der Waals surface area contributed by atoms with Crippen LogP contribution in [0.1, 0.15) is 0 Å². The molecule has 0 spiro atoms. The van der Waals surface area contributed by atoms with Crippen LogP contribution in [-0.2, 0) is 9.84 Å². The minimum atomic E-state index is -4.78. The highest BCUT2D eigenvalue weighted by Crippen LogP contribution is 2.35. The van der Waals surface area contributed by atoms with Gasteiger partial charge in [0.1, 0.15) is 4.90 Å². The molecule has 2 N–H and O–H groups in total. The smallest absolute Gasteiger partial charge is 0.212 e. The van der Waals surface area contributed by atoms with Crippen molar-refractivity contribution < 1.29 is 26.0 Å². The third-order valence-corrected chi connectivity index (χ3v) is 5.40. The van der Waals surface area contributed by atoms with Crippen molar-refractivity contribution in [1.29, 1.82) is 0 Å². The molecule has 2 rings (SSSR count). The fraction of sp³-hybridized carbons (Fsp3) is 0.0769. The van der Waals surface area contributed by atoms with Gasteiger partial charge in [0, 0.05) is 5.69 Å². The SMILES string of the molecule is CSc1c(F)c(F)c(S(=O)(=O)c2ccc(N)cc2)c(F)c1F. The minimum absolute atomic E-state index is 0.218. The number of benzene rings is 2. The van der Waals surface area contributed by atoms with Crippen molar-refractivity contribution in [2.24, 2.45) is 0 Å². The van der Waals surface area contributed by atoms with E-state index in [0.29, 0.717) is 11.8 Å². The van der Waals surface area contributed by atoms with Crippen molar-refractivity contribution in [3.63, 3.8) is 0 Å². The van der Waals surface area contributed by atoms with E-state index in [9.17, 15) is 26.0 Å². The molecule has 2 aromatic rings. The van der Waals surface area contributed by atoms with Crippen molar-refractivity contribution in [2.75, 3.05) is 12.0 Å². The van der Waals surface area contributed by atoms with Crippen LogP contribution in [0, 0.1) is 23.3 Å². The predicted molar refractivity (Wildman–Crippen MR) is 74.4 cm³/mol. The summed E-state index contributed by atoms with van der Waals surface area (Å²) in [6.07, 6.45) is 1.20. The fourth-order valence-corrected chi connectivity index (χ4v) is 3.69. The van der Waals surface area contributed by atoms with E-state index >= 15 is 0 Å². The van der Waals surface area contributed by atoms with Crippen LogP contribution in [-0.4, -0.2) is 14.7 Å². The van der Waals surface area contributed by atoms with Crippen LogP contribution in [0.15, 0.2) is 39.0 Å². The molecule has 0 amide bonds. The average Bonchev–Trinajstić information content (AvgIpc) is 2.46. The number of anilines is 1. The topological polar surface area (TPSA) is 60.2 Å². The highest BCUT2D eigenvalue weighted by Gasteiger charge is 2.33. The number of rotatable bonds is 3. The van der Waals surface area contributed by atoms with Crippen molar-refractivity contribution in [1.82, 2.24) is 0 Å². The van der Waals surface area contributed by atoms with Gasteiger partial charge in [-0.25, -0.2) is 26.0 Å². The monoisotopic (exact) mass is 351 g/mol. The summed E-state index contributed by atoms with van der Waals surface area (Å²) in [5, 5.41) is 0. The van der Waals surface area contributed by atoms with E-state index in [0.717, 1.165) is 12.1 Å². The first-order valence-corrected chi connectivity index (χ1v) is 8.43. The summed E-state index contributed by atoms with van der Waals surface area (Å²) in [5.74, 6) is -7.42. The molecule has 22 heavy (non-hydrogen) atoms. The van der Waals surface area contributed by atoms with Gasteiger partial charge < -0.3 is 5.73 Å². The highest BCUT2D eigenvalue weighted by atomic mass is 32.2. The second-order valence-corrected chi connectivity index (χ2v) is 6.89. The second-order valence-electron chi connectivity index (χ2n) is 4.19. The number of nitrogen functional groups attached to an aromatic ring is 1. The van der Waals surface area contributed by atoms with Crippen LogP contribution < -0.4 is 5.73 Å². The predicted octanol–water partition coefficient (Wildman–Crippen LogP) is 3.38. The molecular weight excluding hydrogens is 342 g/mol. The third-order valence-electron chi connectivity index (χ3n) is 2.85. The molecule has 0 heterocycles. The Hall–Kier alpha value is -1.74. The minimum Gasteiger partial charge on any atom is -0.399 e. The molecule has 0 aliphatic rings. The zero-order valence-electron chi connectivity index (χ0n) is 11.0. The van der Waals surface area contributed by atoms with Gasteiger partial charge in [-0.15, -0.1) is 11.8 Å². The molecule has 0 atom stereocenters.